The largest absolute Gasteiger partial charge is 0.433 e. The molecule has 0 aromatic carbocycles. The zero-order valence-corrected chi connectivity index (χ0v) is 14.5. The van der Waals surface area contributed by atoms with Gasteiger partial charge in [-0.1, -0.05) is 0 Å². The van der Waals surface area contributed by atoms with Gasteiger partial charge in [0.25, 0.3) is 0 Å². The molecule has 5 nitrogen and oxygen atoms in total. The Kier molecular flexibility index (Phi) is 4.91. The summed E-state index contributed by atoms with van der Waals surface area (Å²) in [6.07, 6.45) is -3.83. The monoisotopic (exact) mass is 370 g/mol. The molecule has 0 bridgehead atoms. The lowest BCUT2D eigenvalue weighted by atomic mass is 9.84. The van der Waals surface area contributed by atoms with Gasteiger partial charge in [0, 0.05) is 35.2 Å². The Morgan fingerprint density at radius 3 is 2.84 bits per heavy atom. The van der Waals surface area contributed by atoms with E-state index in [9.17, 15) is 23.2 Å². The molecule has 9 heteroatoms. The summed E-state index contributed by atoms with van der Waals surface area (Å²) < 4.78 is 40.0. The molecule has 1 saturated heterocycles. The van der Waals surface area contributed by atoms with E-state index in [1.165, 1.54) is 11.8 Å². The summed E-state index contributed by atoms with van der Waals surface area (Å²) in [6, 6.07) is 1.61. The van der Waals surface area contributed by atoms with Crippen LogP contribution in [-0.4, -0.2) is 44.9 Å². The van der Waals surface area contributed by atoms with E-state index >= 15 is 0 Å². The highest BCUT2D eigenvalue weighted by atomic mass is 32.2. The molecule has 1 aromatic heterocycles. The molecule has 0 saturated carbocycles. The average Bonchev–Trinajstić information content (AvgIpc) is 2.59. The molecule has 1 amide bonds. The summed E-state index contributed by atoms with van der Waals surface area (Å²) in [5.41, 5.74) is -0.518. The van der Waals surface area contributed by atoms with E-state index in [4.69, 9.17) is 0 Å². The number of amides is 1. The number of hydrogen-bond acceptors (Lipinski definition) is 5. The minimum atomic E-state index is -4.57. The Hall–Kier alpha value is -1.82. The van der Waals surface area contributed by atoms with Crippen molar-refractivity contribution in [1.82, 2.24) is 14.9 Å². The molecule has 0 N–H and O–H groups in total. The molecule has 3 rings (SSSR count). The van der Waals surface area contributed by atoms with Crippen molar-refractivity contribution < 1.29 is 18.0 Å². The van der Waals surface area contributed by atoms with Gasteiger partial charge in [0.15, 0.2) is 5.69 Å². The summed E-state index contributed by atoms with van der Waals surface area (Å²) in [7, 11) is 0. The second kappa shape index (κ2) is 6.83. The van der Waals surface area contributed by atoms with E-state index in [1.54, 1.807) is 11.8 Å². The Balaban J connectivity index is 1.88. The molecule has 2 atom stereocenters. The van der Waals surface area contributed by atoms with E-state index in [1.807, 2.05) is 0 Å². The smallest absolute Gasteiger partial charge is 0.325 e. The SMILES string of the molecule is Cc1nc2c(c(C(F)(F)F)n1)CC(C(=O)N1CCSCC1C#N)CC2. The molecule has 25 heavy (non-hydrogen) atoms. The number of carbonyl (C=O) groups excluding carboxylic acids is 1. The number of aryl methyl sites for hydroxylation is 2. The standard InChI is InChI=1S/C16H17F3N4OS/c1-9-21-13-3-2-10(6-12(13)14(22-9)16(17,18)19)15(24)23-4-5-25-8-11(23)7-20/h10-11H,2-6,8H2,1H3. The predicted octanol–water partition coefficient (Wildman–Crippen LogP) is 2.38. The van der Waals surface area contributed by atoms with Gasteiger partial charge in [-0.05, 0) is 26.2 Å². The number of alkyl halides is 3. The van der Waals surface area contributed by atoms with Gasteiger partial charge in [0.2, 0.25) is 5.91 Å². The van der Waals surface area contributed by atoms with Crippen molar-refractivity contribution in [2.24, 2.45) is 5.92 Å². The molecular weight excluding hydrogens is 353 g/mol. The van der Waals surface area contributed by atoms with Crippen LogP contribution < -0.4 is 0 Å². The quantitative estimate of drug-likeness (QED) is 0.759. The van der Waals surface area contributed by atoms with Gasteiger partial charge in [-0.2, -0.15) is 30.2 Å². The second-order valence-corrected chi connectivity index (χ2v) is 7.38. The predicted molar refractivity (Wildman–Crippen MR) is 85.7 cm³/mol. The van der Waals surface area contributed by atoms with Gasteiger partial charge in [-0.3, -0.25) is 4.79 Å². The molecular formula is C16H17F3N4OS. The van der Waals surface area contributed by atoms with Crippen LogP contribution in [-0.2, 0) is 23.8 Å². The van der Waals surface area contributed by atoms with Gasteiger partial charge < -0.3 is 4.90 Å². The molecule has 134 valence electrons. The Morgan fingerprint density at radius 2 is 2.16 bits per heavy atom. The second-order valence-electron chi connectivity index (χ2n) is 6.23. The molecule has 2 unspecified atom stereocenters. The highest BCUT2D eigenvalue weighted by Gasteiger charge is 2.41. The van der Waals surface area contributed by atoms with E-state index in [2.05, 4.69) is 16.0 Å². The van der Waals surface area contributed by atoms with Crippen LogP contribution in [0.3, 0.4) is 0 Å². The zero-order chi connectivity index (χ0) is 18.2. The Bertz CT molecular complexity index is 731. The lowest BCUT2D eigenvalue weighted by Gasteiger charge is -2.35. The molecule has 2 aliphatic rings. The summed E-state index contributed by atoms with van der Waals surface area (Å²) in [5, 5.41) is 9.22. The first kappa shape index (κ1) is 18.0. The van der Waals surface area contributed by atoms with Crippen molar-refractivity contribution in [3.8, 4) is 6.07 Å². The Labute approximate surface area is 147 Å². The van der Waals surface area contributed by atoms with Crippen LogP contribution in [0.2, 0.25) is 0 Å². The Morgan fingerprint density at radius 1 is 1.40 bits per heavy atom. The first-order chi connectivity index (χ1) is 11.8. The van der Waals surface area contributed by atoms with Crippen LogP contribution in [0.4, 0.5) is 13.2 Å². The molecule has 1 aliphatic heterocycles. The van der Waals surface area contributed by atoms with Gasteiger partial charge in [-0.15, -0.1) is 0 Å². The maximum Gasteiger partial charge on any atom is 0.433 e. The van der Waals surface area contributed by atoms with Crippen molar-refractivity contribution in [1.29, 1.82) is 5.26 Å². The van der Waals surface area contributed by atoms with Crippen molar-refractivity contribution in [2.75, 3.05) is 18.1 Å². The first-order valence-electron chi connectivity index (χ1n) is 8.02. The summed E-state index contributed by atoms with van der Waals surface area (Å²) in [4.78, 5) is 22.0. The van der Waals surface area contributed by atoms with E-state index in [0.29, 0.717) is 30.8 Å². The number of fused-ring (bicyclic) bond motifs is 1. The highest BCUT2D eigenvalue weighted by Crippen LogP contribution is 2.36. The topological polar surface area (TPSA) is 69.9 Å². The molecule has 1 fully saturated rings. The number of thioether (sulfide) groups is 1. The molecule has 0 spiro atoms. The van der Waals surface area contributed by atoms with Crippen LogP contribution >= 0.6 is 11.8 Å². The minimum Gasteiger partial charge on any atom is -0.325 e. The number of aromatic nitrogens is 2. The number of carbonyl (C=O) groups is 1. The van der Waals surface area contributed by atoms with Gasteiger partial charge in [-0.25, -0.2) is 9.97 Å². The maximum atomic E-state index is 13.3. The molecule has 0 radical (unpaired) electrons. The summed E-state index contributed by atoms with van der Waals surface area (Å²) in [6.45, 7) is 1.90. The van der Waals surface area contributed by atoms with Gasteiger partial charge >= 0.3 is 6.18 Å². The van der Waals surface area contributed by atoms with Crippen molar-refractivity contribution in [3.05, 3.63) is 22.8 Å². The third kappa shape index (κ3) is 3.59. The van der Waals surface area contributed by atoms with E-state index in [-0.39, 0.29) is 23.7 Å². The van der Waals surface area contributed by atoms with Crippen molar-refractivity contribution in [2.45, 2.75) is 38.4 Å². The van der Waals surface area contributed by atoms with Gasteiger partial charge in [0.05, 0.1) is 6.07 Å². The fourth-order valence-electron chi connectivity index (χ4n) is 3.39. The van der Waals surface area contributed by atoms with Crippen molar-refractivity contribution >= 4 is 17.7 Å². The fraction of sp³-hybridized carbons (Fsp3) is 0.625. The third-order valence-corrected chi connectivity index (χ3v) is 5.59. The molecule has 1 aromatic rings. The average molecular weight is 370 g/mol. The number of hydrogen-bond donors (Lipinski definition) is 0. The van der Waals surface area contributed by atoms with Gasteiger partial charge in [0.1, 0.15) is 11.9 Å². The minimum absolute atomic E-state index is 0.0227. The number of nitrogens with zero attached hydrogens (tertiary/aromatic N) is 4. The van der Waals surface area contributed by atoms with Crippen LogP contribution in [0.25, 0.3) is 0 Å². The molecule has 1 aliphatic carbocycles. The van der Waals surface area contributed by atoms with Crippen LogP contribution in [0.15, 0.2) is 0 Å². The summed E-state index contributed by atoms with van der Waals surface area (Å²) in [5.74, 6) is 0.587. The lowest BCUT2D eigenvalue weighted by molar-refractivity contribution is -0.143. The van der Waals surface area contributed by atoms with Crippen LogP contribution in [0.1, 0.15) is 29.2 Å². The zero-order valence-electron chi connectivity index (χ0n) is 13.6. The van der Waals surface area contributed by atoms with Crippen LogP contribution in [0, 0.1) is 24.2 Å². The summed E-state index contributed by atoms with van der Waals surface area (Å²) >= 11 is 1.61. The third-order valence-electron chi connectivity index (χ3n) is 4.56. The first-order valence-corrected chi connectivity index (χ1v) is 9.18. The van der Waals surface area contributed by atoms with E-state index < -0.39 is 23.8 Å². The maximum absolute atomic E-state index is 13.3. The van der Waals surface area contributed by atoms with Crippen LogP contribution in [0.5, 0.6) is 0 Å². The highest BCUT2D eigenvalue weighted by molar-refractivity contribution is 7.99. The lowest BCUT2D eigenvalue weighted by Crippen LogP contribution is -2.49. The number of halogens is 3. The normalized spacial score (nSPS) is 23.7. The number of rotatable bonds is 1. The van der Waals surface area contributed by atoms with Crippen molar-refractivity contribution in [3.63, 3.8) is 0 Å². The fourth-order valence-corrected chi connectivity index (χ4v) is 4.36. The van der Waals surface area contributed by atoms with E-state index in [0.717, 1.165) is 5.75 Å². The molecule has 2 heterocycles. The number of nitriles is 1.